The number of nitrogens with zero attached hydrogens (tertiary/aromatic N) is 1. The summed E-state index contributed by atoms with van der Waals surface area (Å²) in [6, 6.07) is 0. The van der Waals surface area contributed by atoms with Crippen molar-refractivity contribution >= 4 is 17.7 Å². The maximum Gasteiger partial charge on any atom is 0.252 e. The van der Waals surface area contributed by atoms with Crippen molar-refractivity contribution in [3.63, 3.8) is 0 Å². The van der Waals surface area contributed by atoms with Gasteiger partial charge in [-0.25, -0.2) is 0 Å². The maximum atomic E-state index is 13.2. The fourth-order valence-electron chi connectivity index (χ4n) is 7.62. The Kier molecular flexibility index (Phi) is 2.64. The predicted molar refractivity (Wildman–Crippen MR) is 88.3 cm³/mol. The Morgan fingerprint density at radius 3 is 1.84 bits per heavy atom. The summed E-state index contributed by atoms with van der Waals surface area (Å²) < 4.78 is 0. The third-order valence-electron chi connectivity index (χ3n) is 8.20. The summed E-state index contributed by atoms with van der Waals surface area (Å²) in [6.45, 7) is 0. The zero-order valence-electron chi connectivity index (χ0n) is 14.3. The fourth-order valence-corrected chi connectivity index (χ4v) is 7.62. The number of carbonyl (C=O) groups is 3. The molecule has 6 aliphatic carbocycles. The molecule has 5 nitrogen and oxygen atoms in total. The normalized spacial score (nSPS) is 51.5. The molecule has 0 spiro atoms. The van der Waals surface area contributed by atoms with Gasteiger partial charge in [0.2, 0.25) is 5.91 Å². The van der Waals surface area contributed by atoms with Crippen LogP contribution < -0.4 is 5.43 Å². The summed E-state index contributed by atoms with van der Waals surface area (Å²) in [5.74, 6) is 1.49. The average Bonchev–Trinajstić information content (AvgIpc) is 3.23. The van der Waals surface area contributed by atoms with Crippen LogP contribution in [0.3, 0.4) is 0 Å². The van der Waals surface area contributed by atoms with E-state index in [2.05, 4.69) is 17.6 Å². The molecule has 0 aromatic heterocycles. The summed E-state index contributed by atoms with van der Waals surface area (Å²) >= 11 is 0. The topological polar surface area (TPSA) is 66.5 Å². The zero-order chi connectivity index (χ0) is 16.9. The van der Waals surface area contributed by atoms with Crippen LogP contribution in [0.4, 0.5) is 0 Å². The van der Waals surface area contributed by atoms with Crippen LogP contribution in [0, 0.1) is 46.8 Å². The van der Waals surface area contributed by atoms with Gasteiger partial charge in [0.15, 0.2) is 0 Å². The van der Waals surface area contributed by atoms with Crippen molar-refractivity contribution in [3.8, 4) is 0 Å². The van der Waals surface area contributed by atoms with Gasteiger partial charge in [-0.3, -0.25) is 19.8 Å². The van der Waals surface area contributed by atoms with Crippen molar-refractivity contribution in [2.75, 3.05) is 0 Å². The number of hydrazine groups is 1. The Labute approximate surface area is 147 Å². The molecule has 7 aliphatic rings. The van der Waals surface area contributed by atoms with Crippen LogP contribution in [0.5, 0.6) is 0 Å². The van der Waals surface area contributed by atoms with Gasteiger partial charge in [-0.2, -0.15) is 5.01 Å². The molecule has 6 fully saturated rings. The molecule has 3 amide bonds. The highest BCUT2D eigenvalue weighted by molar-refractivity contribution is 6.07. The Morgan fingerprint density at radius 1 is 0.880 bits per heavy atom. The van der Waals surface area contributed by atoms with Crippen molar-refractivity contribution in [1.82, 2.24) is 10.4 Å². The molecule has 1 aliphatic heterocycles. The van der Waals surface area contributed by atoms with Gasteiger partial charge in [0.25, 0.3) is 11.8 Å². The van der Waals surface area contributed by atoms with E-state index in [1.54, 1.807) is 0 Å². The minimum atomic E-state index is -0.329. The Hall–Kier alpha value is -1.65. The Balaban J connectivity index is 1.25. The lowest BCUT2D eigenvalue weighted by Gasteiger charge is -2.55. The first-order chi connectivity index (χ1) is 12.0. The van der Waals surface area contributed by atoms with Crippen LogP contribution in [0.15, 0.2) is 12.2 Å². The number of hydrogen-bond donors (Lipinski definition) is 1. The maximum absolute atomic E-state index is 13.2. The molecule has 0 aromatic rings. The van der Waals surface area contributed by atoms with Gasteiger partial charge in [0, 0.05) is 0 Å². The quantitative estimate of drug-likeness (QED) is 0.618. The molecular formula is C20H24N2O3. The number of allylic oxidation sites excluding steroid dienone is 2. The van der Waals surface area contributed by atoms with Crippen LogP contribution in [-0.2, 0) is 14.4 Å². The summed E-state index contributed by atoms with van der Waals surface area (Å²) in [5.41, 5.74) is 2.47. The number of hydrogen-bond acceptors (Lipinski definition) is 3. The molecule has 5 saturated carbocycles. The molecule has 6 bridgehead atoms. The number of amides is 3. The SMILES string of the molecule is O=C1[C@@H]2[C@@H](C(=O)N1NC(=O)C13CC4CC(CC(C4)C1)C3)[C@H]1C=C[C@@H]2C1. The van der Waals surface area contributed by atoms with Crippen molar-refractivity contribution < 1.29 is 14.4 Å². The summed E-state index contributed by atoms with van der Waals surface area (Å²) in [6.07, 6.45) is 11.7. The third-order valence-corrected chi connectivity index (χ3v) is 8.20. The monoisotopic (exact) mass is 340 g/mol. The third kappa shape index (κ3) is 1.77. The van der Waals surface area contributed by atoms with Gasteiger partial charge < -0.3 is 0 Å². The van der Waals surface area contributed by atoms with E-state index in [4.69, 9.17) is 0 Å². The number of imide groups is 1. The molecule has 5 heteroatoms. The standard InChI is InChI=1S/C20H24N2O3/c23-17-15-13-1-2-14(6-13)16(15)18(24)22(17)21-19(25)20-7-10-3-11(8-20)5-12(4-10)9-20/h1-2,10-16H,3-9H2,(H,21,25)/t10?,11?,12?,13-,14+,15-,16-,20?/m0/s1. The lowest BCUT2D eigenvalue weighted by Crippen LogP contribution is -2.58. The van der Waals surface area contributed by atoms with Gasteiger partial charge in [0.1, 0.15) is 0 Å². The van der Waals surface area contributed by atoms with E-state index >= 15 is 0 Å². The highest BCUT2D eigenvalue weighted by atomic mass is 16.2. The van der Waals surface area contributed by atoms with E-state index in [1.807, 2.05) is 0 Å². The van der Waals surface area contributed by atoms with E-state index < -0.39 is 0 Å². The van der Waals surface area contributed by atoms with Crippen LogP contribution in [0.2, 0.25) is 0 Å². The first-order valence-electron chi connectivity index (χ1n) is 9.91. The second-order valence-corrected chi connectivity index (χ2v) is 9.65. The van der Waals surface area contributed by atoms with Crippen LogP contribution in [0.25, 0.3) is 0 Å². The van der Waals surface area contributed by atoms with Crippen molar-refractivity contribution in [3.05, 3.63) is 12.2 Å². The summed E-state index contributed by atoms with van der Waals surface area (Å²) in [5, 5.41) is 1.10. The zero-order valence-corrected chi connectivity index (χ0v) is 14.3. The number of fused-ring (bicyclic) bond motifs is 5. The first-order valence-corrected chi connectivity index (χ1v) is 9.91. The first kappa shape index (κ1) is 14.5. The highest BCUT2D eigenvalue weighted by Gasteiger charge is 2.61. The van der Waals surface area contributed by atoms with Gasteiger partial charge in [-0.05, 0) is 74.5 Å². The summed E-state index contributed by atoms with van der Waals surface area (Å²) in [4.78, 5) is 38.8. The highest BCUT2D eigenvalue weighted by Crippen LogP contribution is 2.60. The van der Waals surface area contributed by atoms with E-state index in [-0.39, 0.29) is 46.8 Å². The minimum Gasteiger partial charge on any atom is -0.273 e. The molecule has 0 radical (unpaired) electrons. The van der Waals surface area contributed by atoms with E-state index in [0.717, 1.165) is 30.7 Å². The number of carbonyl (C=O) groups excluding carboxylic acids is 3. The van der Waals surface area contributed by atoms with Gasteiger partial charge in [-0.15, -0.1) is 0 Å². The lowest BCUT2D eigenvalue weighted by molar-refractivity contribution is -0.160. The Morgan fingerprint density at radius 2 is 1.36 bits per heavy atom. The van der Waals surface area contributed by atoms with Crippen LogP contribution in [-0.4, -0.2) is 22.7 Å². The van der Waals surface area contributed by atoms with Gasteiger partial charge in [-0.1, -0.05) is 12.2 Å². The van der Waals surface area contributed by atoms with E-state index in [1.165, 1.54) is 19.3 Å². The molecule has 0 unspecified atom stereocenters. The summed E-state index contributed by atoms with van der Waals surface area (Å²) in [7, 11) is 0. The second kappa shape index (κ2) is 4.54. The average molecular weight is 340 g/mol. The molecule has 132 valence electrons. The smallest absolute Gasteiger partial charge is 0.252 e. The molecule has 0 aromatic carbocycles. The largest absolute Gasteiger partial charge is 0.273 e. The Bertz CT molecular complexity index is 661. The van der Waals surface area contributed by atoms with E-state index in [0.29, 0.717) is 17.8 Å². The molecular weight excluding hydrogens is 316 g/mol. The molecule has 7 rings (SSSR count). The minimum absolute atomic E-state index is 0.0615. The van der Waals surface area contributed by atoms with Crippen molar-refractivity contribution in [2.45, 2.75) is 44.9 Å². The predicted octanol–water partition coefficient (Wildman–Crippen LogP) is 2.04. The van der Waals surface area contributed by atoms with Crippen molar-refractivity contribution in [1.29, 1.82) is 0 Å². The fraction of sp³-hybridized carbons (Fsp3) is 0.750. The second-order valence-electron chi connectivity index (χ2n) is 9.65. The number of nitrogens with one attached hydrogen (secondary N) is 1. The van der Waals surface area contributed by atoms with E-state index in [9.17, 15) is 14.4 Å². The van der Waals surface area contributed by atoms with Crippen LogP contribution in [0.1, 0.15) is 44.9 Å². The molecule has 1 saturated heterocycles. The van der Waals surface area contributed by atoms with Crippen LogP contribution >= 0.6 is 0 Å². The van der Waals surface area contributed by atoms with Crippen molar-refractivity contribution in [2.24, 2.45) is 46.8 Å². The van der Waals surface area contributed by atoms with Gasteiger partial charge in [0.05, 0.1) is 17.3 Å². The molecule has 4 atom stereocenters. The molecule has 25 heavy (non-hydrogen) atoms. The number of rotatable bonds is 2. The molecule has 1 heterocycles. The molecule has 1 N–H and O–H groups in total. The van der Waals surface area contributed by atoms with Gasteiger partial charge >= 0.3 is 0 Å². The lowest BCUT2D eigenvalue weighted by atomic mass is 9.49.